The van der Waals surface area contributed by atoms with E-state index >= 15 is 0 Å². The molecule has 2 atom stereocenters. The third kappa shape index (κ3) is 1.41. The maximum Gasteiger partial charge on any atom is 0.0411 e. The fourth-order valence-electron chi connectivity index (χ4n) is 1.32. The average Bonchev–Trinajstić information content (AvgIpc) is 2.69. The number of alkyl halides is 1. The summed E-state index contributed by atoms with van der Waals surface area (Å²) in [5.41, 5.74) is 2.72. The van der Waals surface area contributed by atoms with E-state index in [-0.39, 0.29) is 0 Å². The molecule has 0 unspecified atom stereocenters. The molecule has 1 aromatic rings. The number of benzene rings is 1. The van der Waals surface area contributed by atoms with Gasteiger partial charge in [-0.2, -0.15) is 0 Å². The molecule has 0 spiro atoms. The van der Waals surface area contributed by atoms with E-state index in [0.717, 1.165) is 6.42 Å². The molecule has 0 radical (unpaired) electrons. The molecule has 1 heteroatoms. The second-order valence-corrected chi connectivity index (χ2v) is 3.83. The predicted octanol–water partition coefficient (Wildman–Crippen LogP) is 3.09. The van der Waals surface area contributed by atoms with Crippen molar-refractivity contribution in [2.45, 2.75) is 24.6 Å². The average molecular weight is 167 g/mol. The zero-order valence-corrected chi connectivity index (χ0v) is 7.31. The highest BCUT2D eigenvalue weighted by Crippen LogP contribution is 2.44. The van der Waals surface area contributed by atoms with Gasteiger partial charge in [0.1, 0.15) is 0 Å². The van der Waals surface area contributed by atoms with Crippen molar-refractivity contribution in [1.82, 2.24) is 0 Å². The molecular formula is C10H11Cl. The number of rotatable bonds is 1. The van der Waals surface area contributed by atoms with Crippen LogP contribution in [0.25, 0.3) is 0 Å². The summed E-state index contributed by atoms with van der Waals surface area (Å²) in [5, 5.41) is 0.401. The molecule has 58 valence electrons. The number of hydrogen-bond acceptors (Lipinski definition) is 0. The molecule has 2 rings (SSSR count). The van der Waals surface area contributed by atoms with Gasteiger partial charge in [0.05, 0.1) is 0 Å². The summed E-state index contributed by atoms with van der Waals surface area (Å²) in [6, 6.07) is 8.67. The lowest BCUT2D eigenvalue weighted by Gasteiger charge is -1.97. The number of halogens is 1. The lowest BCUT2D eigenvalue weighted by atomic mass is 10.1. The first-order chi connectivity index (χ1) is 5.27. The van der Waals surface area contributed by atoms with Crippen molar-refractivity contribution in [2.24, 2.45) is 0 Å². The van der Waals surface area contributed by atoms with E-state index in [1.165, 1.54) is 11.1 Å². The highest BCUT2D eigenvalue weighted by Gasteiger charge is 2.36. The Labute approximate surface area is 72.2 Å². The van der Waals surface area contributed by atoms with Crippen molar-refractivity contribution >= 4 is 11.6 Å². The van der Waals surface area contributed by atoms with Crippen molar-refractivity contribution in [1.29, 1.82) is 0 Å². The Balaban J connectivity index is 2.21. The summed E-state index contributed by atoms with van der Waals surface area (Å²) in [6.45, 7) is 2.11. The van der Waals surface area contributed by atoms with E-state index in [1.807, 2.05) is 0 Å². The zero-order valence-electron chi connectivity index (χ0n) is 6.55. The van der Waals surface area contributed by atoms with Gasteiger partial charge in [-0.15, -0.1) is 11.6 Å². The van der Waals surface area contributed by atoms with E-state index in [1.54, 1.807) is 0 Å². The first-order valence-corrected chi connectivity index (χ1v) is 4.41. The minimum atomic E-state index is 0.401. The summed E-state index contributed by atoms with van der Waals surface area (Å²) in [5.74, 6) is 0.636. The van der Waals surface area contributed by atoms with Crippen LogP contribution in [0.1, 0.15) is 23.5 Å². The molecule has 0 saturated heterocycles. The lowest BCUT2D eigenvalue weighted by Crippen LogP contribution is -1.81. The molecule has 11 heavy (non-hydrogen) atoms. The van der Waals surface area contributed by atoms with Gasteiger partial charge in [-0.1, -0.05) is 29.8 Å². The fraction of sp³-hybridized carbons (Fsp3) is 0.400. The van der Waals surface area contributed by atoms with Crippen LogP contribution >= 0.6 is 11.6 Å². The van der Waals surface area contributed by atoms with Gasteiger partial charge in [0, 0.05) is 11.3 Å². The number of hydrogen-bond donors (Lipinski definition) is 0. The van der Waals surface area contributed by atoms with Gasteiger partial charge in [0.25, 0.3) is 0 Å². The van der Waals surface area contributed by atoms with Crippen LogP contribution in [0, 0.1) is 6.92 Å². The van der Waals surface area contributed by atoms with Crippen molar-refractivity contribution in [3.05, 3.63) is 35.4 Å². The van der Waals surface area contributed by atoms with E-state index in [0.29, 0.717) is 11.3 Å². The second kappa shape index (κ2) is 2.53. The molecule has 1 aliphatic rings. The van der Waals surface area contributed by atoms with Gasteiger partial charge in [-0.3, -0.25) is 0 Å². The first-order valence-electron chi connectivity index (χ1n) is 3.98. The Bertz CT molecular complexity index is 250. The molecule has 0 aliphatic heterocycles. The Hall–Kier alpha value is -0.490. The third-order valence-electron chi connectivity index (χ3n) is 2.22. The van der Waals surface area contributed by atoms with Crippen LogP contribution in [-0.2, 0) is 0 Å². The van der Waals surface area contributed by atoms with Gasteiger partial charge < -0.3 is 0 Å². The Kier molecular flexibility index (Phi) is 1.65. The van der Waals surface area contributed by atoms with Crippen LogP contribution in [0.4, 0.5) is 0 Å². The van der Waals surface area contributed by atoms with Gasteiger partial charge in [-0.05, 0) is 18.9 Å². The quantitative estimate of drug-likeness (QED) is 0.563. The zero-order chi connectivity index (χ0) is 7.84. The molecule has 1 saturated carbocycles. The minimum absolute atomic E-state index is 0.401. The summed E-state index contributed by atoms with van der Waals surface area (Å²) in [4.78, 5) is 0. The molecule has 0 N–H and O–H groups in total. The van der Waals surface area contributed by atoms with Gasteiger partial charge in [-0.25, -0.2) is 0 Å². The summed E-state index contributed by atoms with van der Waals surface area (Å²) in [6.07, 6.45) is 1.16. The molecule has 1 fully saturated rings. The standard InChI is InChI=1S/C10H11Cl/c1-7-2-4-8(5-3-7)9-6-10(9)11/h2-5,9-10H,6H2,1H3/t9-,10-/m1/s1. The molecule has 0 heterocycles. The first kappa shape index (κ1) is 7.17. The smallest absolute Gasteiger partial charge is 0.0411 e. The van der Waals surface area contributed by atoms with Crippen LogP contribution in [0.3, 0.4) is 0 Å². The largest absolute Gasteiger partial charge is 0.122 e. The van der Waals surface area contributed by atoms with Crippen molar-refractivity contribution in [2.75, 3.05) is 0 Å². The predicted molar refractivity (Wildman–Crippen MR) is 48.2 cm³/mol. The van der Waals surface area contributed by atoms with Crippen LogP contribution in [0.15, 0.2) is 24.3 Å². The maximum absolute atomic E-state index is 5.93. The fourth-order valence-corrected chi connectivity index (χ4v) is 1.66. The molecule has 1 aliphatic carbocycles. The monoisotopic (exact) mass is 166 g/mol. The Morgan fingerprint density at radius 3 is 2.27 bits per heavy atom. The topological polar surface area (TPSA) is 0 Å². The number of aryl methyl sites for hydroxylation is 1. The van der Waals surface area contributed by atoms with Gasteiger partial charge in [0.15, 0.2) is 0 Å². The lowest BCUT2D eigenvalue weighted by molar-refractivity contribution is 1.13. The third-order valence-corrected chi connectivity index (χ3v) is 2.70. The molecule has 0 nitrogen and oxygen atoms in total. The van der Waals surface area contributed by atoms with E-state index < -0.39 is 0 Å². The molecule has 0 amide bonds. The van der Waals surface area contributed by atoms with Crippen LogP contribution in [0.2, 0.25) is 0 Å². The summed E-state index contributed by atoms with van der Waals surface area (Å²) < 4.78 is 0. The van der Waals surface area contributed by atoms with E-state index in [9.17, 15) is 0 Å². The molecule has 1 aromatic carbocycles. The van der Waals surface area contributed by atoms with Crippen LogP contribution in [-0.4, -0.2) is 5.38 Å². The van der Waals surface area contributed by atoms with Crippen molar-refractivity contribution in [3.8, 4) is 0 Å². The molecular weight excluding hydrogens is 156 g/mol. The Morgan fingerprint density at radius 2 is 1.82 bits per heavy atom. The van der Waals surface area contributed by atoms with Crippen LogP contribution < -0.4 is 0 Å². The summed E-state index contributed by atoms with van der Waals surface area (Å²) in [7, 11) is 0. The minimum Gasteiger partial charge on any atom is -0.122 e. The van der Waals surface area contributed by atoms with Crippen molar-refractivity contribution < 1.29 is 0 Å². The van der Waals surface area contributed by atoms with Crippen molar-refractivity contribution in [3.63, 3.8) is 0 Å². The highest BCUT2D eigenvalue weighted by atomic mass is 35.5. The SMILES string of the molecule is Cc1ccc([C@H]2C[C@H]2Cl)cc1. The van der Waals surface area contributed by atoms with Gasteiger partial charge >= 0.3 is 0 Å². The van der Waals surface area contributed by atoms with E-state index in [2.05, 4.69) is 31.2 Å². The second-order valence-electron chi connectivity index (χ2n) is 3.27. The van der Waals surface area contributed by atoms with E-state index in [4.69, 9.17) is 11.6 Å². The highest BCUT2D eigenvalue weighted by molar-refractivity contribution is 6.23. The Morgan fingerprint density at radius 1 is 1.27 bits per heavy atom. The normalized spacial score (nSPS) is 28.5. The summed E-state index contributed by atoms with van der Waals surface area (Å²) >= 11 is 5.93. The van der Waals surface area contributed by atoms with Crippen LogP contribution in [0.5, 0.6) is 0 Å². The molecule has 0 aromatic heterocycles. The maximum atomic E-state index is 5.93. The molecule has 0 bridgehead atoms. The van der Waals surface area contributed by atoms with Gasteiger partial charge in [0.2, 0.25) is 0 Å².